The molecule has 144 valence electrons. The van der Waals surface area contributed by atoms with Crippen LogP contribution in [0.1, 0.15) is 37.7 Å². The highest BCUT2D eigenvalue weighted by Gasteiger charge is 2.29. The van der Waals surface area contributed by atoms with Crippen LogP contribution in [0.5, 0.6) is 0 Å². The van der Waals surface area contributed by atoms with Gasteiger partial charge in [-0.2, -0.15) is 0 Å². The van der Waals surface area contributed by atoms with Gasteiger partial charge in [-0.05, 0) is 42.7 Å². The molecule has 2 N–H and O–H groups in total. The maximum absolute atomic E-state index is 10.7. The highest BCUT2D eigenvalue weighted by atomic mass is 32.1. The molecule has 1 saturated carbocycles. The number of fused-ring (bicyclic) bond motifs is 2. The minimum atomic E-state index is -0.587. The largest absolute Gasteiger partial charge is 0.388 e. The van der Waals surface area contributed by atoms with Crippen molar-refractivity contribution in [3.05, 3.63) is 48.4 Å². The van der Waals surface area contributed by atoms with E-state index in [0.717, 1.165) is 58.7 Å². The van der Waals surface area contributed by atoms with Crippen molar-refractivity contribution in [1.82, 2.24) is 19.5 Å². The molecular weight excluding hydrogens is 370 g/mol. The van der Waals surface area contributed by atoms with Crippen molar-refractivity contribution in [1.29, 1.82) is 0 Å². The molecule has 0 aliphatic heterocycles. The summed E-state index contributed by atoms with van der Waals surface area (Å²) in [5.74, 6) is 0. The van der Waals surface area contributed by atoms with Crippen molar-refractivity contribution in [3.8, 4) is 0 Å². The van der Waals surface area contributed by atoms with Crippen LogP contribution in [0, 0.1) is 0 Å². The van der Waals surface area contributed by atoms with Crippen LogP contribution in [0.3, 0.4) is 0 Å². The number of hydrogen-bond donors (Lipinski definition) is 2. The molecule has 0 unspecified atom stereocenters. The number of imidazole rings is 1. The molecule has 0 saturated heterocycles. The van der Waals surface area contributed by atoms with Crippen molar-refractivity contribution in [2.45, 2.75) is 44.2 Å². The van der Waals surface area contributed by atoms with Crippen LogP contribution in [0.25, 0.3) is 21.4 Å². The average Bonchev–Trinajstić information content (AvgIpc) is 3.31. The third-order valence-electron chi connectivity index (χ3n) is 5.53. The van der Waals surface area contributed by atoms with Gasteiger partial charge in [-0.15, -0.1) is 0 Å². The third kappa shape index (κ3) is 3.47. The standard InChI is InChI=1S/C21H23N5OS/c27-21(8-2-1-3-9-21)13-23-20-25-16-7-6-15(11-18(16)28-20)12-26-14-24-17-5-4-10-22-19(17)26/h4-7,10-11,14,27H,1-3,8-9,12-13H2,(H,23,25). The molecule has 6 nitrogen and oxygen atoms in total. The van der Waals surface area contributed by atoms with Gasteiger partial charge in [-0.25, -0.2) is 15.0 Å². The van der Waals surface area contributed by atoms with Gasteiger partial charge in [-0.1, -0.05) is 36.7 Å². The van der Waals surface area contributed by atoms with Gasteiger partial charge in [0.2, 0.25) is 0 Å². The molecule has 3 heterocycles. The normalized spacial score (nSPS) is 16.6. The highest BCUT2D eigenvalue weighted by molar-refractivity contribution is 7.22. The Balaban J connectivity index is 1.33. The molecule has 0 amide bonds. The van der Waals surface area contributed by atoms with Gasteiger partial charge in [0.05, 0.1) is 28.7 Å². The maximum atomic E-state index is 10.7. The first-order chi connectivity index (χ1) is 13.7. The molecule has 1 aliphatic carbocycles. The summed E-state index contributed by atoms with van der Waals surface area (Å²) >= 11 is 1.64. The zero-order valence-corrected chi connectivity index (χ0v) is 16.5. The minimum absolute atomic E-state index is 0.576. The van der Waals surface area contributed by atoms with E-state index in [1.165, 1.54) is 12.0 Å². The Kier molecular flexibility index (Phi) is 4.49. The predicted molar refractivity (Wildman–Crippen MR) is 113 cm³/mol. The number of pyridine rings is 1. The molecule has 0 bridgehead atoms. The number of anilines is 1. The molecule has 4 aromatic rings. The Bertz CT molecular complexity index is 1110. The van der Waals surface area contributed by atoms with Gasteiger partial charge in [0.1, 0.15) is 5.52 Å². The zero-order chi connectivity index (χ0) is 19.0. The lowest BCUT2D eigenvalue weighted by Gasteiger charge is -2.31. The number of hydrogen-bond acceptors (Lipinski definition) is 6. The van der Waals surface area contributed by atoms with E-state index in [4.69, 9.17) is 0 Å². The number of benzene rings is 1. The van der Waals surface area contributed by atoms with Crippen molar-refractivity contribution in [2.75, 3.05) is 11.9 Å². The van der Waals surface area contributed by atoms with Gasteiger partial charge in [0.25, 0.3) is 0 Å². The first-order valence-electron chi connectivity index (χ1n) is 9.80. The van der Waals surface area contributed by atoms with E-state index in [0.29, 0.717) is 6.54 Å². The third-order valence-corrected chi connectivity index (χ3v) is 6.51. The molecule has 0 radical (unpaired) electrons. The number of aromatic nitrogens is 4. The Morgan fingerprint density at radius 2 is 2.00 bits per heavy atom. The number of nitrogens with one attached hydrogen (secondary N) is 1. The summed E-state index contributed by atoms with van der Waals surface area (Å²) in [5, 5.41) is 14.9. The first kappa shape index (κ1) is 17.6. The average molecular weight is 394 g/mol. The molecule has 1 aromatic carbocycles. The van der Waals surface area contributed by atoms with Crippen molar-refractivity contribution in [3.63, 3.8) is 0 Å². The van der Waals surface area contributed by atoms with Gasteiger partial charge >= 0.3 is 0 Å². The summed E-state index contributed by atoms with van der Waals surface area (Å²) in [6, 6.07) is 10.2. The van der Waals surface area contributed by atoms with Crippen molar-refractivity contribution >= 4 is 37.8 Å². The van der Waals surface area contributed by atoms with E-state index in [1.807, 2.05) is 18.5 Å². The molecule has 3 aromatic heterocycles. The number of nitrogens with zero attached hydrogens (tertiary/aromatic N) is 4. The van der Waals surface area contributed by atoms with Crippen LogP contribution in [0.15, 0.2) is 42.9 Å². The van der Waals surface area contributed by atoms with Crippen molar-refractivity contribution in [2.24, 2.45) is 0 Å². The SMILES string of the molecule is OC1(CNc2nc3ccc(Cn4cnc5cccnc54)cc3s2)CCCCC1. The molecule has 5 rings (SSSR count). The van der Waals surface area contributed by atoms with E-state index >= 15 is 0 Å². The van der Waals surface area contributed by atoms with Crippen LogP contribution in [-0.4, -0.2) is 36.8 Å². The second kappa shape index (κ2) is 7.14. The molecule has 0 atom stereocenters. The monoisotopic (exact) mass is 393 g/mol. The number of rotatable bonds is 5. The second-order valence-electron chi connectivity index (χ2n) is 7.68. The summed E-state index contributed by atoms with van der Waals surface area (Å²) in [7, 11) is 0. The van der Waals surface area contributed by atoms with Crippen LogP contribution in [-0.2, 0) is 6.54 Å². The zero-order valence-electron chi connectivity index (χ0n) is 15.6. The summed E-state index contributed by atoms with van der Waals surface area (Å²) < 4.78 is 3.21. The maximum Gasteiger partial charge on any atom is 0.183 e. The second-order valence-corrected chi connectivity index (χ2v) is 8.71. The fraction of sp³-hybridized carbons (Fsp3) is 0.381. The number of thiazole rings is 1. The topological polar surface area (TPSA) is 75.9 Å². The first-order valence-corrected chi connectivity index (χ1v) is 10.6. The quantitative estimate of drug-likeness (QED) is 0.532. The molecule has 28 heavy (non-hydrogen) atoms. The number of aliphatic hydroxyl groups is 1. The Morgan fingerprint density at radius 3 is 2.89 bits per heavy atom. The van der Waals surface area contributed by atoms with Gasteiger partial charge in [0.15, 0.2) is 10.8 Å². The lowest BCUT2D eigenvalue weighted by molar-refractivity contribution is 0.0167. The fourth-order valence-electron chi connectivity index (χ4n) is 3.98. The lowest BCUT2D eigenvalue weighted by atomic mass is 9.85. The van der Waals surface area contributed by atoms with E-state index in [9.17, 15) is 5.11 Å². The fourth-order valence-corrected chi connectivity index (χ4v) is 4.90. The summed E-state index contributed by atoms with van der Waals surface area (Å²) in [6.45, 7) is 1.30. The summed E-state index contributed by atoms with van der Waals surface area (Å²) in [6.07, 6.45) is 8.84. The minimum Gasteiger partial charge on any atom is -0.388 e. The summed E-state index contributed by atoms with van der Waals surface area (Å²) in [5.41, 5.74) is 3.40. The van der Waals surface area contributed by atoms with E-state index < -0.39 is 5.60 Å². The van der Waals surface area contributed by atoms with E-state index in [1.54, 1.807) is 17.5 Å². The lowest BCUT2D eigenvalue weighted by Crippen LogP contribution is -2.38. The molecular formula is C21H23N5OS. The Hall–Kier alpha value is -2.51. The molecule has 7 heteroatoms. The van der Waals surface area contributed by atoms with Gasteiger partial charge in [-0.3, -0.25) is 0 Å². The smallest absolute Gasteiger partial charge is 0.183 e. The predicted octanol–water partition coefficient (Wildman–Crippen LogP) is 4.20. The van der Waals surface area contributed by atoms with Gasteiger partial charge in [0, 0.05) is 12.7 Å². The molecule has 0 spiro atoms. The summed E-state index contributed by atoms with van der Waals surface area (Å²) in [4.78, 5) is 13.5. The van der Waals surface area contributed by atoms with E-state index in [-0.39, 0.29) is 0 Å². The van der Waals surface area contributed by atoms with Gasteiger partial charge < -0.3 is 15.0 Å². The van der Waals surface area contributed by atoms with Crippen molar-refractivity contribution < 1.29 is 5.11 Å². The highest BCUT2D eigenvalue weighted by Crippen LogP contribution is 2.31. The van der Waals surface area contributed by atoms with Crippen LogP contribution in [0.4, 0.5) is 5.13 Å². The van der Waals surface area contributed by atoms with E-state index in [2.05, 4.69) is 43.0 Å². The van der Waals surface area contributed by atoms with Crippen LogP contribution >= 0.6 is 11.3 Å². The Morgan fingerprint density at radius 1 is 1.11 bits per heavy atom. The molecule has 1 aliphatic rings. The Labute approximate surface area is 167 Å². The molecule has 1 fully saturated rings. The van der Waals surface area contributed by atoms with Crippen LogP contribution < -0.4 is 5.32 Å². The van der Waals surface area contributed by atoms with Crippen LogP contribution in [0.2, 0.25) is 0 Å².